The van der Waals surface area contributed by atoms with Crippen molar-refractivity contribution < 1.29 is 9.90 Å². The molecule has 1 aliphatic heterocycles. The van der Waals surface area contributed by atoms with Gasteiger partial charge in [-0.15, -0.1) is 0 Å². The summed E-state index contributed by atoms with van der Waals surface area (Å²) in [5.74, 6) is -0.359. The molecule has 0 aliphatic carbocycles. The van der Waals surface area contributed by atoms with Crippen molar-refractivity contribution in [3.05, 3.63) is 0 Å². The Morgan fingerprint density at radius 3 is 2.40 bits per heavy atom. The van der Waals surface area contributed by atoms with E-state index in [0.29, 0.717) is 12.5 Å². The van der Waals surface area contributed by atoms with Gasteiger partial charge in [-0.25, -0.2) is 0 Å². The van der Waals surface area contributed by atoms with Crippen LogP contribution in [0.1, 0.15) is 26.7 Å². The van der Waals surface area contributed by atoms with Gasteiger partial charge in [0.15, 0.2) is 0 Å². The number of likely N-dealkylation sites (tertiary alicyclic amines) is 1. The lowest BCUT2D eigenvalue weighted by Crippen LogP contribution is -2.42. The number of nitrogens with zero attached hydrogens (tertiary/aromatic N) is 1. The van der Waals surface area contributed by atoms with Gasteiger partial charge in [-0.05, 0) is 38.8 Å². The van der Waals surface area contributed by atoms with E-state index in [0.717, 1.165) is 25.9 Å². The van der Waals surface area contributed by atoms with Crippen molar-refractivity contribution in [2.75, 3.05) is 19.6 Å². The van der Waals surface area contributed by atoms with Crippen LogP contribution >= 0.6 is 0 Å². The first-order valence-electron chi connectivity index (χ1n) is 5.71. The van der Waals surface area contributed by atoms with Crippen LogP contribution in [0, 0.1) is 11.8 Å². The van der Waals surface area contributed by atoms with Crippen LogP contribution in [0.2, 0.25) is 0 Å². The van der Waals surface area contributed by atoms with Crippen LogP contribution in [0.4, 0.5) is 0 Å². The fourth-order valence-corrected chi connectivity index (χ4v) is 2.13. The molecule has 0 aromatic rings. The number of carbonyl (C=O) groups is 1. The molecule has 15 heavy (non-hydrogen) atoms. The van der Waals surface area contributed by atoms with E-state index in [1.807, 2.05) is 0 Å². The smallest absolute Gasteiger partial charge is 0.307 e. The highest BCUT2D eigenvalue weighted by Crippen LogP contribution is 2.20. The fourth-order valence-electron chi connectivity index (χ4n) is 2.13. The summed E-state index contributed by atoms with van der Waals surface area (Å²) >= 11 is 0. The molecule has 2 atom stereocenters. The normalized spacial score (nSPS) is 23.7. The average Bonchev–Trinajstić information content (AvgIpc) is 2.18. The van der Waals surface area contributed by atoms with Crippen LogP contribution in [-0.4, -0.2) is 41.7 Å². The number of hydrogen-bond donors (Lipinski definition) is 2. The van der Waals surface area contributed by atoms with Crippen molar-refractivity contribution in [1.82, 2.24) is 4.90 Å². The van der Waals surface area contributed by atoms with Gasteiger partial charge in [-0.1, -0.05) is 6.92 Å². The summed E-state index contributed by atoms with van der Waals surface area (Å²) < 4.78 is 0. The van der Waals surface area contributed by atoms with E-state index >= 15 is 0 Å². The number of rotatable bonds is 4. The molecule has 0 spiro atoms. The molecule has 1 heterocycles. The number of nitrogens with two attached hydrogens (primary N) is 1. The van der Waals surface area contributed by atoms with E-state index in [-0.39, 0.29) is 12.0 Å². The van der Waals surface area contributed by atoms with E-state index in [2.05, 4.69) is 11.8 Å². The Bertz CT molecular complexity index is 211. The van der Waals surface area contributed by atoms with Gasteiger partial charge in [-0.2, -0.15) is 0 Å². The van der Waals surface area contributed by atoms with Crippen molar-refractivity contribution in [2.24, 2.45) is 17.6 Å². The van der Waals surface area contributed by atoms with E-state index in [1.54, 1.807) is 6.92 Å². The molecule has 1 fully saturated rings. The van der Waals surface area contributed by atoms with Crippen LogP contribution in [0.3, 0.4) is 0 Å². The monoisotopic (exact) mass is 214 g/mol. The van der Waals surface area contributed by atoms with E-state index in [9.17, 15) is 4.79 Å². The Morgan fingerprint density at radius 2 is 2.00 bits per heavy atom. The van der Waals surface area contributed by atoms with Gasteiger partial charge >= 0.3 is 5.97 Å². The van der Waals surface area contributed by atoms with E-state index in [4.69, 9.17) is 10.8 Å². The van der Waals surface area contributed by atoms with Gasteiger partial charge in [0, 0.05) is 12.6 Å². The molecular weight excluding hydrogens is 192 g/mol. The van der Waals surface area contributed by atoms with Crippen LogP contribution in [0.5, 0.6) is 0 Å². The third-order valence-electron chi connectivity index (χ3n) is 3.33. The van der Waals surface area contributed by atoms with Crippen LogP contribution in [0.15, 0.2) is 0 Å². The topological polar surface area (TPSA) is 66.6 Å². The summed E-state index contributed by atoms with van der Waals surface area (Å²) in [7, 11) is 0. The first-order valence-corrected chi connectivity index (χ1v) is 5.71. The standard InChI is InChI=1S/C11H22N2O2/c1-8(11(14)15)7-13-5-3-10(4-6-13)9(2)12/h8-10H,3-7,12H2,1-2H3,(H,14,15). The second-order valence-corrected chi connectivity index (χ2v) is 4.74. The van der Waals surface area contributed by atoms with E-state index in [1.165, 1.54) is 0 Å². The molecule has 88 valence electrons. The SMILES string of the molecule is CC(CN1CCC(C(C)N)CC1)C(=O)O. The maximum absolute atomic E-state index is 10.7. The zero-order valence-electron chi connectivity index (χ0n) is 9.65. The molecular formula is C11H22N2O2. The van der Waals surface area contributed by atoms with Gasteiger partial charge in [0.2, 0.25) is 0 Å². The molecule has 4 nitrogen and oxygen atoms in total. The molecule has 1 saturated heterocycles. The minimum absolute atomic E-state index is 0.267. The lowest BCUT2D eigenvalue weighted by atomic mass is 9.90. The maximum atomic E-state index is 10.7. The Labute approximate surface area is 91.4 Å². The molecule has 0 saturated carbocycles. The quantitative estimate of drug-likeness (QED) is 0.725. The number of carboxylic acids is 1. The lowest BCUT2D eigenvalue weighted by Gasteiger charge is -2.34. The molecule has 0 bridgehead atoms. The largest absolute Gasteiger partial charge is 0.481 e. The molecule has 0 aromatic heterocycles. The van der Waals surface area contributed by atoms with Crippen LogP contribution < -0.4 is 5.73 Å². The summed E-state index contributed by atoms with van der Waals surface area (Å²) in [6.07, 6.45) is 2.20. The molecule has 1 aliphatic rings. The zero-order chi connectivity index (χ0) is 11.4. The predicted molar refractivity (Wildman–Crippen MR) is 59.6 cm³/mol. The second-order valence-electron chi connectivity index (χ2n) is 4.74. The maximum Gasteiger partial charge on any atom is 0.307 e. The van der Waals surface area contributed by atoms with E-state index < -0.39 is 5.97 Å². The Hall–Kier alpha value is -0.610. The van der Waals surface area contributed by atoms with Crippen molar-refractivity contribution in [3.8, 4) is 0 Å². The number of aliphatic carboxylic acids is 1. The molecule has 0 radical (unpaired) electrons. The lowest BCUT2D eigenvalue weighted by molar-refractivity contribution is -0.141. The molecule has 4 heteroatoms. The number of piperidine rings is 1. The number of carboxylic acid groups (broad SMARTS) is 1. The van der Waals surface area contributed by atoms with Gasteiger partial charge < -0.3 is 15.7 Å². The van der Waals surface area contributed by atoms with Gasteiger partial charge in [0.1, 0.15) is 0 Å². The third-order valence-corrected chi connectivity index (χ3v) is 3.33. The highest BCUT2D eigenvalue weighted by Gasteiger charge is 2.24. The minimum Gasteiger partial charge on any atom is -0.481 e. The number of hydrogen-bond acceptors (Lipinski definition) is 3. The van der Waals surface area contributed by atoms with Crippen molar-refractivity contribution in [1.29, 1.82) is 0 Å². The van der Waals surface area contributed by atoms with Gasteiger partial charge in [0.25, 0.3) is 0 Å². The van der Waals surface area contributed by atoms with Gasteiger partial charge in [0.05, 0.1) is 5.92 Å². The molecule has 1 rings (SSSR count). The minimum atomic E-state index is -0.704. The molecule has 0 aromatic carbocycles. The first-order chi connectivity index (χ1) is 7.00. The Kier molecular flexibility index (Phi) is 4.54. The molecule has 2 unspecified atom stereocenters. The van der Waals surface area contributed by atoms with Crippen molar-refractivity contribution in [3.63, 3.8) is 0 Å². The Morgan fingerprint density at radius 1 is 1.47 bits per heavy atom. The van der Waals surface area contributed by atoms with Crippen molar-refractivity contribution >= 4 is 5.97 Å². The second kappa shape index (κ2) is 5.47. The predicted octanol–water partition coefficient (Wildman–Crippen LogP) is 0.766. The van der Waals surface area contributed by atoms with Crippen LogP contribution in [-0.2, 0) is 4.79 Å². The van der Waals surface area contributed by atoms with Crippen molar-refractivity contribution in [2.45, 2.75) is 32.7 Å². The third kappa shape index (κ3) is 3.80. The van der Waals surface area contributed by atoms with Crippen LogP contribution in [0.25, 0.3) is 0 Å². The first kappa shape index (κ1) is 12.5. The zero-order valence-corrected chi connectivity index (χ0v) is 9.65. The summed E-state index contributed by atoms with van der Waals surface area (Å²) in [5, 5.41) is 8.81. The highest BCUT2D eigenvalue weighted by atomic mass is 16.4. The summed E-state index contributed by atoms with van der Waals surface area (Å²) in [6, 6.07) is 0.268. The Balaban J connectivity index is 2.28. The molecule has 3 N–H and O–H groups in total. The summed E-state index contributed by atoms with van der Waals surface area (Å²) in [4.78, 5) is 12.9. The van der Waals surface area contributed by atoms with Gasteiger partial charge in [-0.3, -0.25) is 4.79 Å². The summed E-state index contributed by atoms with van der Waals surface area (Å²) in [6.45, 7) is 6.47. The average molecular weight is 214 g/mol. The summed E-state index contributed by atoms with van der Waals surface area (Å²) in [5.41, 5.74) is 5.85. The highest BCUT2D eigenvalue weighted by molar-refractivity contribution is 5.69. The molecule has 0 amide bonds. The fraction of sp³-hybridized carbons (Fsp3) is 0.909.